The molecular formula is C18H37IN4O3S. The van der Waals surface area contributed by atoms with Crippen LogP contribution in [0.2, 0.25) is 0 Å². The van der Waals surface area contributed by atoms with Gasteiger partial charge in [0.05, 0.1) is 11.5 Å². The average Bonchev–Trinajstić information content (AvgIpc) is 3.08. The molecular weight excluding hydrogens is 479 g/mol. The molecule has 9 heteroatoms. The van der Waals surface area contributed by atoms with Crippen LogP contribution < -0.4 is 10.6 Å². The van der Waals surface area contributed by atoms with E-state index in [4.69, 9.17) is 9.73 Å². The highest BCUT2D eigenvalue weighted by Gasteiger charge is 2.33. The van der Waals surface area contributed by atoms with E-state index in [1.54, 1.807) is 7.11 Å². The van der Waals surface area contributed by atoms with Gasteiger partial charge in [-0.05, 0) is 31.6 Å². The van der Waals surface area contributed by atoms with Gasteiger partial charge in [0.15, 0.2) is 15.8 Å². The van der Waals surface area contributed by atoms with Crippen molar-refractivity contribution in [1.29, 1.82) is 0 Å². The van der Waals surface area contributed by atoms with Crippen LogP contribution in [0.3, 0.4) is 0 Å². The predicted molar refractivity (Wildman–Crippen MR) is 122 cm³/mol. The molecule has 0 aromatic carbocycles. The second-order valence-corrected chi connectivity index (χ2v) is 9.87. The number of guanidine groups is 1. The second-order valence-electron chi connectivity index (χ2n) is 7.57. The summed E-state index contributed by atoms with van der Waals surface area (Å²) >= 11 is 0. The van der Waals surface area contributed by atoms with E-state index in [9.17, 15) is 8.42 Å². The maximum absolute atomic E-state index is 11.5. The summed E-state index contributed by atoms with van der Waals surface area (Å²) in [6.45, 7) is 7.44. The summed E-state index contributed by atoms with van der Waals surface area (Å²) in [6.07, 6.45) is 6.14. The van der Waals surface area contributed by atoms with E-state index >= 15 is 0 Å². The summed E-state index contributed by atoms with van der Waals surface area (Å²) in [5, 5.41) is 6.73. The topological polar surface area (TPSA) is 83.0 Å². The number of sulfone groups is 1. The van der Waals surface area contributed by atoms with Crippen LogP contribution in [0.25, 0.3) is 0 Å². The van der Waals surface area contributed by atoms with Gasteiger partial charge in [0.2, 0.25) is 0 Å². The van der Waals surface area contributed by atoms with Gasteiger partial charge >= 0.3 is 0 Å². The molecule has 0 radical (unpaired) electrons. The molecule has 7 nitrogen and oxygen atoms in total. The van der Waals surface area contributed by atoms with Crippen molar-refractivity contribution in [3.63, 3.8) is 0 Å². The normalized spacial score (nSPS) is 22.2. The van der Waals surface area contributed by atoms with Gasteiger partial charge in [0.1, 0.15) is 0 Å². The fourth-order valence-electron chi connectivity index (χ4n) is 3.83. The van der Waals surface area contributed by atoms with Crippen LogP contribution in [0.15, 0.2) is 4.99 Å². The quantitative estimate of drug-likeness (QED) is 0.275. The fraction of sp³-hybridized carbons (Fsp3) is 0.944. The summed E-state index contributed by atoms with van der Waals surface area (Å²) in [5.41, 5.74) is 0.291. The number of rotatable bonds is 9. The Kier molecular flexibility index (Phi) is 11.5. The van der Waals surface area contributed by atoms with E-state index in [0.29, 0.717) is 18.5 Å². The van der Waals surface area contributed by atoms with Gasteiger partial charge in [0.25, 0.3) is 0 Å². The summed E-state index contributed by atoms with van der Waals surface area (Å²) in [6, 6.07) is 0. The van der Waals surface area contributed by atoms with Gasteiger partial charge in [-0.15, -0.1) is 24.0 Å². The van der Waals surface area contributed by atoms with E-state index in [2.05, 4.69) is 22.5 Å². The van der Waals surface area contributed by atoms with Crippen molar-refractivity contribution >= 4 is 39.8 Å². The van der Waals surface area contributed by atoms with Gasteiger partial charge in [-0.1, -0.05) is 12.8 Å². The number of aliphatic imine (C=N–C) groups is 1. The zero-order chi connectivity index (χ0) is 18.9. The average molecular weight is 516 g/mol. The number of ether oxygens (including phenoxy) is 1. The van der Waals surface area contributed by atoms with E-state index < -0.39 is 9.84 Å². The van der Waals surface area contributed by atoms with Crippen LogP contribution in [-0.4, -0.2) is 83.8 Å². The lowest BCUT2D eigenvalue weighted by Gasteiger charge is -2.28. The van der Waals surface area contributed by atoms with Crippen LogP contribution in [0.4, 0.5) is 0 Å². The number of nitrogens with zero attached hydrogens (tertiary/aromatic N) is 2. The molecule has 0 bridgehead atoms. The molecule has 1 heterocycles. The number of nitrogens with one attached hydrogen (secondary N) is 2. The molecule has 2 aliphatic rings. The summed E-state index contributed by atoms with van der Waals surface area (Å²) in [7, 11) is -1.04. The van der Waals surface area contributed by atoms with Crippen molar-refractivity contribution in [2.45, 2.75) is 39.0 Å². The largest absolute Gasteiger partial charge is 0.385 e. The van der Waals surface area contributed by atoms with Crippen LogP contribution in [0.5, 0.6) is 0 Å². The van der Waals surface area contributed by atoms with Crippen molar-refractivity contribution in [3.8, 4) is 0 Å². The minimum Gasteiger partial charge on any atom is -0.385 e. The smallest absolute Gasteiger partial charge is 0.191 e. The van der Waals surface area contributed by atoms with Crippen LogP contribution in [-0.2, 0) is 14.6 Å². The van der Waals surface area contributed by atoms with Gasteiger partial charge in [0, 0.05) is 53.0 Å². The van der Waals surface area contributed by atoms with Crippen molar-refractivity contribution in [1.82, 2.24) is 15.5 Å². The Labute approximate surface area is 182 Å². The molecule has 2 rings (SSSR count). The van der Waals surface area contributed by atoms with E-state index in [-0.39, 0.29) is 35.5 Å². The van der Waals surface area contributed by atoms with E-state index in [0.717, 1.165) is 45.2 Å². The molecule has 0 aromatic heterocycles. The summed E-state index contributed by atoms with van der Waals surface area (Å²) in [4.78, 5) is 7.05. The molecule has 160 valence electrons. The highest BCUT2D eigenvalue weighted by atomic mass is 127. The molecule has 0 amide bonds. The standard InChI is InChI=1S/C18H36N4O3S.HI/c1-3-19-17(20-9-10-22-11-14-26(23,24)15-12-22)21-16-18(8-13-25-2)6-4-5-7-18;/h3-16H2,1-2H3,(H2,19,20,21);1H. The van der Waals surface area contributed by atoms with Crippen molar-refractivity contribution in [2.24, 2.45) is 10.4 Å². The Hall–Kier alpha value is -0.130. The number of halogens is 1. The van der Waals surface area contributed by atoms with Gasteiger partial charge in [-0.2, -0.15) is 0 Å². The Bertz CT molecular complexity index is 537. The molecule has 2 N–H and O–H groups in total. The van der Waals surface area contributed by atoms with Crippen molar-refractivity contribution in [3.05, 3.63) is 0 Å². The summed E-state index contributed by atoms with van der Waals surface area (Å²) in [5.74, 6) is 1.42. The minimum atomic E-state index is -2.81. The molecule has 0 spiro atoms. The number of methoxy groups -OCH3 is 1. The van der Waals surface area contributed by atoms with Crippen LogP contribution in [0, 0.1) is 5.41 Å². The monoisotopic (exact) mass is 516 g/mol. The lowest BCUT2D eigenvalue weighted by molar-refractivity contribution is 0.141. The van der Waals surface area contributed by atoms with E-state index in [1.165, 1.54) is 25.7 Å². The third-order valence-electron chi connectivity index (χ3n) is 5.58. The Balaban J connectivity index is 0.00000364. The second kappa shape index (κ2) is 12.4. The molecule has 0 aromatic rings. The fourth-order valence-corrected chi connectivity index (χ4v) is 5.10. The van der Waals surface area contributed by atoms with Crippen LogP contribution in [0.1, 0.15) is 39.0 Å². The first-order valence-corrected chi connectivity index (χ1v) is 11.7. The highest BCUT2D eigenvalue weighted by molar-refractivity contribution is 14.0. The lowest BCUT2D eigenvalue weighted by atomic mass is 9.83. The number of hydrogen-bond donors (Lipinski definition) is 2. The molecule has 1 aliphatic carbocycles. The Morgan fingerprint density at radius 1 is 1.19 bits per heavy atom. The lowest BCUT2D eigenvalue weighted by Crippen LogP contribution is -2.46. The maximum Gasteiger partial charge on any atom is 0.191 e. The van der Waals surface area contributed by atoms with Gasteiger partial charge < -0.3 is 15.4 Å². The highest BCUT2D eigenvalue weighted by Crippen LogP contribution is 2.41. The van der Waals surface area contributed by atoms with Crippen molar-refractivity contribution in [2.75, 3.05) is 64.5 Å². The van der Waals surface area contributed by atoms with Gasteiger partial charge in [-0.25, -0.2) is 8.42 Å². The first-order chi connectivity index (χ1) is 12.5. The minimum absolute atomic E-state index is 0. The molecule has 0 atom stereocenters. The Morgan fingerprint density at radius 3 is 2.44 bits per heavy atom. The molecule has 0 unspecified atom stereocenters. The molecule has 1 aliphatic heterocycles. The zero-order valence-corrected chi connectivity index (χ0v) is 20.0. The first-order valence-electron chi connectivity index (χ1n) is 9.92. The third kappa shape index (κ3) is 8.82. The number of hydrogen-bond acceptors (Lipinski definition) is 5. The van der Waals surface area contributed by atoms with E-state index in [1.807, 2.05) is 0 Å². The molecule has 1 saturated heterocycles. The predicted octanol–water partition coefficient (Wildman–Crippen LogP) is 1.49. The zero-order valence-electron chi connectivity index (χ0n) is 16.8. The molecule has 27 heavy (non-hydrogen) atoms. The molecule has 1 saturated carbocycles. The SMILES string of the molecule is CCNC(=NCC1(CCOC)CCCC1)NCCN1CCS(=O)(=O)CC1.I. The van der Waals surface area contributed by atoms with Crippen molar-refractivity contribution < 1.29 is 13.2 Å². The van der Waals surface area contributed by atoms with Crippen LogP contribution >= 0.6 is 24.0 Å². The molecule has 2 fully saturated rings. The summed E-state index contributed by atoms with van der Waals surface area (Å²) < 4.78 is 28.3. The third-order valence-corrected chi connectivity index (χ3v) is 7.18. The van der Waals surface area contributed by atoms with Gasteiger partial charge in [-0.3, -0.25) is 9.89 Å². The Morgan fingerprint density at radius 2 is 1.85 bits per heavy atom. The first kappa shape index (κ1) is 24.9. The maximum atomic E-state index is 11.5.